The summed E-state index contributed by atoms with van der Waals surface area (Å²) in [6.07, 6.45) is 2.74. The third-order valence-electron chi connectivity index (χ3n) is 4.57. The van der Waals surface area contributed by atoms with E-state index in [0.29, 0.717) is 13.0 Å². The molecule has 2 aliphatic rings. The largest absolute Gasteiger partial charge is 0.444 e. The van der Waals surface area contributed by atoms with Crippen LogP contribution in [-0.2, 0) is 24.2 Å². The summed E-state index contributed by atoms with van der Waals surface area (Å²) in [6.45, 7) is 8.97. The Labute approximate surface area is 137 Å². The van der Waals surface area contributed by atoms with E-state index in [4.69, 9.17) is 9.84 Å². The number of aliphatic hydroxyl groups excluding tert-OH is 1. The van der Waals surface area contributed by atoms with Crippen molar-refractivity contribution in [3.05, 3.63) is 17.0 Å². The van der Waals surface area contributed by atoms with Crippen molar-refractivity contribution in [1.29, 1.82) is 0 Å². The van der Waals surface area contributed by atoms with E-state index in [0.717, 1.165) is 42.8 Å². The Hall–Kier alpha value is -1.56. The average Bonchev–Trinajstić information content (AvgIpc) is 2.67. The van der Waals surface area contributed by atoms with Crippen LogP contribution in [0.3, 0.4) is 0 Å². The number of rotatable bonds is 0. The van der Waals surface area contributed by atoms with Crippen molar-refractivity contribution in [3.8, 4) is 0 Å². The Kier molecular flexibility index (Phi) is 4.12. The Morgan fingerprint density at radius 2 is 2.09 bits per heavy atom. The maximum absolute atomic E-state index is 12.5. The number of hydrogen-bond donors (Lipinski definition) is 1. The van der Waals surface area contributed by atoms with Gasteiger partial charge in [-0.15, -0.1) is 0 Å². The molecule has 0 radical (unpaired) electrons. The van der Waals surface area contributed by atoms with Gasteiger partial charge in [0, 0.05) is 24.6 Å². The maximum Gasteiger partial charge on any atom is 0.410 e. The van der Waals surface area contributed by atoms with Gasteiger partial charge in [0.2, 0.25) is 0 Å². The lowest BCUT2D eigenvalue weighted by Crippen LogP contribution is -2.45. The van der Waals surface area contributed by atoms with Crippen LogP contribution >= 0.6 is 0 Å². The molecule has 3 heterocycles. The van der Waals surface area contributed by atoms with E-state index < -0.39 is 11.7 Å². The van der Waals surface area contributed by atoms with Gasteiger partial charge in [0.05, 0.1) is 24.0 Å². The van der Waals surface area contributed by atoms with Crippen molar-refractivity contribution in [2.75, 3.05) is 0 Å². The predicted octanol–water partition coefficient (Wildman–Crippen LogP) is 2.78. The minimum Gasteiger partial charge on any atom is -0.444 e. The Morgan fingerprint density at radius 3 is 2.78 bits per heavy atom. The number of amides is 1. The van der Waals surface area contributed by atoms with Crippen molar-refractivity contribution in [2.24, 2.45) is 0 Å². The zero-order valence-electron chi connectivity index (χ0n) is 14.5. The summed E-state index contributed by atoms with van der Waals surface area (Å²) in [7, 11) is 0. The molecule has 1 N–H and O–H groups in total. The van der Waals surface area contributed by atoms with Crippen LogP contribution in [0.4, 0.5) is 4.79 Å². The van der Waals surface area contributed by atoms with Gasteiger partial charge in [-0.1, -0.05) is 0 Å². The third-order valence-corrected chi connectivity index (χ3v) is 4.57. The number of carbonyl (C=O) groups is 1. The SMILES string of the molecule is C[C@@H]1Cc2nn3c(c2CN1C(=O)OC(C)(C)C)[C@H](O)CCCC3. The molecule has 6 heteroatoms. The number of ether oxygens (including phenoxy) is 1. The minimum atomic E-state index is -0.507. The summed E-state index contributed by atoms with van der Waals surface area (Å²) in [5.74, 6) is 0. The standard InChI is InChI=1S/C17H27N3O3/c1-11-9-13-12(10-19(11)16(22)23-17(2,3)4)15-14(21)7-5-6-8-20(15)18-13/h11,14,21H,5-10H2,1-4H3/t11-,14-/m1/s1. The highest BCUT2D eigenvalue weighted by atomic mass is 16.6. The number of aryl methyl sites for hydroxylation is 1. The molecule has 0 bridgehead atoms. The van der Waals surface area contributed by atoms with Crippen molar-refractivity contribution in [1.82, 2.24) is 14.7 Å². The van der Waals surface area contributed by atoms with E-state index in [9.17, 15) is 9.90 Å². The molecule has 0 fully saturated rings. The van der Waals surface area contributed by atoms with Gasteiger partial charge in [-0.2, -0.15) is 5.10 Å². The molecule has 0 spiro atoms. The molecule has 0 saturated carbocycles. The normalized spacial score (nSPS) is 24.7. The van der Waals surface area contributed by atoms with Gasteiger partial charge in [0.1, 0.15) is 5.60 Å². The van der Waals surface area contributed by atoms with Crippen LogP contribution in [0, 0.1) is 0 Å². The Morgan fingerprint density at radius 1 is 1.35 bits per heavy atom. The predicted molar refractivity (Wildman–Crippen MR) is 86.0 cm³/mol. The molecule has 3 rings (SSSR count). The van der Waals surface area contributed by atoms with E-state index in [2.05, 4.69) is 0 Å². The van der Waals surface area contributed by atoms with Crippen LogP contribution in [0.15, 0.2) is 0 Å². The van der Waals surface area contributed by atoms with E-state index in [-0.39, 0.29) is 12.1 Å². The zero-order valence-corrected chi connectivity index (χ0v) is 14.5. The second kappa shape index (κ2) is 5.82. The fraction of sp³-hybridized carbons (Fsp3) is 0.765. The first kappa shape index (κ1) is 16.3. The highest BCUT2D eigenvalue weighted by Gasteiger charge is 2.35. The number of hydrogen-bond acceptors (Lipinski definition) is 4. The first-order valence-electron chi connectivity index (χ1n) is 8.52. The molecule has 0 saturated heterocycles. The smallest absolute Gasteiger partial charge is 0.410 e. The van der Waals surface area contributed by atoms with Crippen molar-refractivity contribution >= 4 is 6.09 Å². The molecule has 1 aromatic heterocycles. The van der Waals surface area contributed by atoms with Crippen LogP contribution < -0.4 is 0 Å². The molecule has 23 heavy (non-hydrogen) atoms. The summed E-state index contributed by atoms with van der Waals surface area (Å²) in [6, 6.07) is 0.0497. The third kappa shape index (κ3) is 3.22. The number of aliphatic hydroxyl groups is 1. The lowest BCUT2D eigenvalue weighted by atomic mass is 9.97. The van der Waals surface area contributed by atoms with Gasteiger partial charge >= 0.3 is 6.09 Å². The molecule has 1 aromatic rings. The Balaban J connectivity index is 1.89. The summed E-state index contributed by atoms with van der Waals surface area (Å²) in [4.78, 5) is 14.2. The maximum atomic E-state index is 12.5. The van der Waals surface area contributed by atoms with E-state index in [1.54, 1.807) is 4.90 Å². The fourth-order valence-corrected chi connectivity index (χ4v) is 3.46. The number of carbonyl (C=O) groups excluding carboxylic acids is 1. The Bertz CT molecular complexity index is 603. The molecular formula is C17H27N3O3. The summed E-state index contributed by atoms with van der Waals surface area (Å²) in [5, 5.41) is 15.2. The van der Waals surface area contributed by atoms with Gasteiger partial charge in [-0.25, -0.2) is 4.79 Å². The topological polar surface area (TPSA) is 67.6 Å². The second-order valence-corrected chi connectivity index (χ2v) is 7.71. The highest BCUT2D eigenvalue weighted by molar-refractivity contribution is 5.69. The van der Waals surface area contributed by atoms with E-state index in [1.165, 1.54) is 0 Å². The van der Waals surface area contributed by atoms with Gasteiger partial charge in [0.25, 0.3) is 0 Å². The van der Waals surface area contributed by atoms with Gasteiger partial charge in [0.15, 0.2) is 0 Å². The van der Waals surface area contributed by atoms with Crippen molar-refractivity contribution in [2.45, 2.75) is 84.2 Å². The molecule has 1 amide bonds. The van der Waals surface area contributed by atoms with Crippen LogP contribution in [0.25, 0.3) is 0 Å². The second-order valence-electron chi connectivity index (χ2n) is 7.71. The molecular weight excluding hydrogens is 294 g/mol. The van der Waals surface area contributed by atoms with Gasteiger partial charge in [-0.05, 0) is 47.0 Å². The molecule has 2 atom stereocenters. The molecule has 0 aromatic carbocycles. The average molecular weight is 321 g/mol. The molecule has 128 valence electrons. The molecule has 0 aliphatic carbocycles. The zero-order chi connectivity index (χ0) is 16.8. The first-order valence-corrected chi connectivity index (χ1v) is 8.52. The summed E-state index contributed by atoms with van der Waals surface area (Å²) < 4.78 is 7.48. The van der Waals surface area contributed by atoms with Crippen LogP contribution in [0.5, 0.6) is 0 Å². The van der Waals surface area contributed by atoms with Gasteiger partial charge in [-0.3, -0.25) is 4.68 Å². The summed E-state index contributed by atoms with van der Waals surface area (Å²) in [5.41, 5.74) is 2.43. The van der Waals surface area contributed by atoms with Crippen molar-refractivity contribution in [3.63, 3.8) is 0 Å². The fourth-order valence-electron chi connectivity index (χ4n) is 3.46. The highest BCUT2D eigenvalue weighted by Crippen LogP contribution is 2.34. The monoisotopic (exact) mass is 321 g/mol. The number of aromatic nitrogens is 2. The quantitative estimate of drug-likeness (QED) is 0.798. The lowest BCUT2D eigenvalue weighted by molar-refractivity contribution is 0.0134. The number of nitrogens with zero attached hydrogens (tertiary/aromatic N) is 3. The molecule has 6 nitrogen and oxygen atoms in total. The van der Waals surface area contributed by atoms with Gasteiger partial charge < -0.3 is 14.7 Å². The minimum absolute atomic E-state index is 0.0497. The molecule has 2 aliphatic heterocycles. The van der Waals surface area contributed by atoms with Crippen LogP contribution in [-0.4, -0.2) is 37.5 Å². The lowest BCUT2D eigenvalue weighted by Gasteiger charge is -2.34. The number of fused-ring (bicyclic) bond motifs is 3. The first-order chi connectivity index (χ1) is 10.8. The van der Waals surface area contributed by atoms with Crippen molar-refractivity contribution < 1.29 is 14.6 Å². The van der Waals surface area contributed by atoms with E-state index >= 15 is 0 Å². The van der Waals surface area contributed by atoms with E-state index in [1.807, 2.05) is 32.4 Å². The van der Waals surface area contributed by atoms with Crippen LogP contribution in [0.1, 0.15) is 70.0 Å². The molecule has 0 unspecified atom stereocenters. The summed E-state index contributed by atoms with van der Waals surface area (Å²) >= 11 is 0. The van der Waals surface area contributed by atoms with Crippen LogP contribution in [0.2, 0.25) is 0 Å².